The van der Waals surface area contributed by atoms with Gasteiger partial charge >= 0.3 is 0 Å². The Morgan fingerprint density at radius 3 is 2.67 bits per heavy atom. The van der Waals surface area contributed by atoms with E-state index < -0.39 is 5.41 Å². The summed E-state index contributed by atoms with van der Waals surface area (Å²) >= 11 is 5.77. The number of nitrogens with zero attached hydrogens (tertiary/aromatic N) is 2. The molecule has 1 saturated heterocycles. The van der Waals surface area contributed by atoms with Crippen molar-refractivity contribution in [1.82, 2.24) is 4.98 Å². The van der Waals surface area contributed by atoms with E-state index in [2.05, 4.69) is 11.1 Å². The zero-order chi connectivity index (χ0) is 10.7. The van der Waals surface area contributed by atoms with Crippen LogP contribution in [0.1, 0.15) is 18.5 Å². The second-order valence-corrected chi connectivity index (χ2v) is 4.10. The Morgan fingerprint density at radius 1 is 1.40 bits per heavy atom. The molecule has 3 nitrogen and oxygen atoms in total. The average molecular weight is 223 g/mol. The van der Waals surface area contributed by atoms with Crippen molar-refractivity contribution < 1.29 is 4.74 Å². The summed E-state index contributed by atoms with van der Waals surface area (Å²) in [6, 6.07) is 5.97. The molecule has 78 valence electrons. The van der Waals surface area contributed by atoms with Crippen molar-refractivity contribution in [2.45, 2.75) is 18.3 Å². The summed E-state index contributed by atoms with van der Waals surface area (Å²) in [5.41, 5.74) is 0.320. The summed E-state index contributed by atoms with van der Waals surface area (Å²) in [5, 5.41) is 9.88. The van der Waals surface area contributed by atoms with Crippen molar-refractivity contribution in [2.24, 2.45) is 0 Å². The summed E-state index contributed by atoms with van der Waals surface area (Å²) < 4.78 is 5.27. The Kier molecular flexibility index (Phi) is 2.90. The summed E-state index contributed by atoms with van der Waals surface area (Å²) in [6.45, 7) is 1.25. The zero-order valence-electron chi connectivity index (χ0n) is 8.24. The maximum Gasteiger partial charge on any atom is 0.104 e. The normalized spacial score (nSPS) is 19.5. The zero-order valence-corrected chi connectivity index (χ0v) is 9.00. The van der Waals surface area contributed by atoms with E-state index in [1.807, 2.05) is 6.07 Å². The monoisotopic (exact) mass is 222 g/mol. The predicted molar refractivity (Wildman–Crippen MR) is 56.6 cm³/mol. The molecule has 0 atom stereocenters. The first-order chi connectivity index (χ1) is 7.27. The molecule has 0 radical (unpaired) electrons. The number of aromatic nitrogens is 1. The molecule has 15 heavy (non-hydrogen) atoms. The Bertz CT molecular complexity index is 377. The minimum absolute atomic E-state index is 0.483. The molecule has 4 heteroatoms. The summed E-state index contributed by atoms with van der Waals surface area (Å²) in [7, 11) is 0. The number of halogens is 1. The van der Waals surface area contributed by atoms with E-state index in [0.717, 1.165) is 5.69 Å². The van der Waals surface area contributed by atoms with Crippen LogP contribution in [-0.2, 0) is 10.2 Å². The highest BCUT2D eigenvalue weighted by molar-refractivity contribution is 6.30. The second kappa shape index (κ2) is 4.18. The van der Waals surface area contributed by atoms with Gasteiger partial charge in [0, 0.05) is 19.4 Å². The maximum absolute atomic E-state index is 9.29. The molecule has 0 amide bonds. The molecular weight excluding hydrogens is 212 g/mol. The van der Waals surface area contributed by atoms with Crippen molar-refractivity contribution >= 4 is 11.6 Å². The fraction of sp³-hybridized carbons (Fsp3) is 0.455. The van der Waals surface area contributed by atoms with Crippen LogP contribution in [0.15, 0.2) is 18.3 Å². The van der Waals surface area contributed by atoms with Crippen LogP contribution >= 0.6 is 11.6 Å². The number of pyridine rings is 1. The standard InChI is InChI=1S/C11H11ClN2O/c12-9-1-2-10(14-7-9)11(8-13)3-5-15-6-4-11/h1-2,7H,3-6H2. The van der Waals surface area contributed by atoms with Gasteiger partial charge in [-0.05, 0) is 25.0 Å². The third-order valence-corrected chi connectivity index (χ3v) is 3.00. The molecule has 2 rings (SSSR count). The van der Waals surface area contributed by atoms with E-state index in [1.165, 1.54) is 0 Å². The second-order valence-electron chi connectivity index (χ2n) is 3.67. The predicted octanol–water partition coefficient (Wildman–Crippen LogP) is 2.31. The lowest BCUT2D eigenvalue weighted by atomic mass is 9.78. The summed E-state index contributed by atoms with van der Waals surface area (Å²) in [6.07, 6.45) is 3.00. The molecule has 1 aliphatic rings. The smallest absolute Gasteiger partial charge is 0.104 e. The molecule has 0 bridgehead atoms. The highest BCUT2D eigenvalue weighted by Crippen LogP contribution is 2.33. The van der Waals surface area contributed by atoms with Crippen LogP contribution in [-0.4, -0.2) is 18.2 Å². The summed E-state index contributed by atoms with van der Waals surface area (Å²) in [5.74, 6) is 0. The fourth-order valence-electron chi connectivity index (χ4n) is 1.80. The third-order valence-electron chi connectivity index (χ3n) is 2.78. The van der Waals surface area contributed by atoms with Gasteiger partial charge in [-0.25, -0.2) is 0 Å². The van der Waals surface area contributed by atoms with Gasteiger partial charge in [-0.3, -0.25) is 4.98 Å². The van der Waals surface area contributed by atoms with Crippen molar-refractivity contribution in [3.63, 3.8) is 0 Å². The van der Waals surface area contributed by atoms with E-state index in [4.69, 9.17) is 16.3 Å². The maximum atomic E-state index is 9.29. The van der Waals surface area contributed by atoms with Crippen LogP contribution in [0.25, 0.3) is 0 Å². The van der Waals surface area contributed by atoms with Crippen molar-refractivity contribution in [2.75, 3.05) is 13.2 Å². The van der Waals surface area contributed by atoms with Gasteiger partial charge in [0.25, 0.3) is 0 Å². The van der Waals surface area contributed by atoms with Gasteiger partial charge < -0.3 is 4.74 Å². The quantitative estimate of drug-likeness (QED) is 0.733. The van der Waals surface area contributed by atoms with E-state index in [1.54, 1.807) is 12.3 Å². The van der Waals surface area contributed by atoms with Crippen LogP contribution in [0.5, 0.6) is 0 Å². The Morgan fingerprint density at radius 2 is 2.13 bits per heavy atom. The molecule has 1 fully saturated rings. The van der Waals surface area contributed by atoms with Gasteiger partial charge in [0.05, 0.1) is 16.8 Å². The fourth-order valence-corrected chi connectivity index (χ4v) is 1.92. The molecule has 0 saturated carbocycles. The highest BCUT2D eigenvalue weighted by atomic mass is 35.5. The largest absolute Gasteiger partial charge is 0.381 e. The minimum Gasteiger partial charge on any atom is -0.381 e. The molecule has 2 heterocycles. The lowest BCUT2D eigenvalue weighted by Crippen LogP contribution is -2.33. The van der Waals surface area contributed by atoms with E-state index in [-0.39, 0.29) is 0 Å². The molecular formula is C11H11ClN2O. The Labute approximate surface area is 93.6 Å². The van der Waals surface area contributed by atoms with Gasteiger partial charge in [-0.15, -0.1) is 0 Å². The Balaban J connectivity index is 2.33. The first-order valence-corrected chi connectivity index (χ1v) is 5.26. The van der Waals surface area contributed by atoms with Crippen LogP contribution < -0.4 is 0 Å². The van der Waals surface area contributed by atoms with Crippen LogP contribution in [0.2, 0.25) is 5.02 Å². The molecule has 0 N–H and O–H groups in total. The molecule has 1 aromatic rings. The van der Waals surface area contributed by atoms with Gasteiger partial charge in [0.1, 0.15) is 5.41 Å². The van der Waals surface area contributed by atoms with Crippen LogP contribution in [0.4, 0.5) is 0 Å². The van der Waals surface area contributed by atoms with E-state index in [0.29, 0.717) is 31.1 Å². The first kappa shape index (κ1) is 10.4. The molecule has 0 unspecified atom stereocenters. The SMILES string of the molecule is N#CC1(c2ccc(Cl)cn2)CCOCC1. The van der Waals surface area contributed by atoms with Crippen LogP contribution in [0, 0.1) is 11.3 Å². The number of hydrogen-bond acceptors (Lipinski definition) is 3. The van der Waals surface area contributed by atoms with Crippen molar-refractivity contribution in [3.8, 4) is 6.07 Å². The first-order valence-electron chi connectivity index (χ1n) is 4.88. The van der Waals surface area contributed by atoms with Gasteiger partial charge in [0.2, 0.25) is 0 Å². The third kappa shape index (κ3) is 1.97. The van der Waals surface area contributed by atoms with Crippen molar-refractivity contribution in [1.29, 1.82) is 5.26 Å². The number of hydrogen-bond donors (Lipinski definition) is 0. The molecule has 0 aliphatic carbocycles. The number of ether oxygens (including phenoxy) is 1. The van der Waals surface area contributed by atoms with E-state index >= 15 is 0 Å². The lowest BCUT2D eigenvalue weighted by Gasteiger charge is -2.29. The molecule has 1 aromatic heterocycles. The minimum atomic E-state index is -0.483. The van der Waals surface area contributed by atoms with Crippen molar-refractivity contribution in [3.05, 3.63) is 29.0 Å². The topological polar surface area (TPSA) is 45.9 Å². The van der Waals surface area contributed by atoms with Gasteiger partial charge in [-0.2, -0.15) is 5.26 Å². The Hall–Kier alpha value is -1.11. The van der Waals surface area contributed by atoms with Gasteiger partial charge in [-0.1, -0.05) is 11.6 Å². The number of rotatable bonds is 1. The highest BCUT2D eigenvalue weighted by Gasteiger charge is 2.35. The number of nitriles is 1. The van der Waals surface area contributed by atoms with Crippen LogP contribution in [0.3, 0.4) is 0 Å². The lowest BCUT2D eigenvalue weighted by molar-refractivity contribution is 0.0664. The van der Waals surface area contributed by atoms with Gasteiger partial charge in [0.15, 0.2) is 0 Å². The molecule has 0 spiro atoms. The average Bonchev–Trinajstić information content (AvgIpc) is 2.31. The molecule has 0 aromatic carbocycles. The van der Waals surface area contributed by atoms with E-state index in [9.17, 15) is 5.26 Å². The summed E-state index contributed by atoms with van der Waals surface area (Å²) in [4.78, 5) is 4.23. The molecule has 1 aliphatic heterocycles.